The van der Waals surface area contributed by atoms with Crippen molar-refractivity contribution in [1.82, 2.24) is 4.90 Å². The first-order chi connectivity index (χ1) is 11.8. The predicted molar refractivity (Wildman–Crippen MR) is 91.4 cm³/mol. The van der Waals surface area contributed by atoms with E-state index in [0.29, 0.717) is 24.8 Å². The molecule has 0 bridgehead atoms. The highest BCUT2D eigenvalue weighted by Gasteiger charge is 2.27. The third-order valence-corrected chi connectivity index (χ3v) is 4.57. The summed E-state index contributed by atoms with van der Waals surface area (Å²) in [7, 11) is 1.65. The normalized spacial score (nSPS) is 19.3. The number of hydrogen-bond acceptors (Lipinski definition) is 5. The van der Waals surface area contributed by atoms with E-state index in [9.17, 15) is 5.11 Å². The summed E-state index contributed by atoms with van der Waals surface area (Å²) in [5.41, 5.74) is 0. The van der Waals surface area contributed by atoms with Crippen molar-refractivity contribution in [3.05, 3.63) is 48.4 Å². The Morgan fingerprint density at radius 3 is 2.75 bits per heavy atom. The molecule has 0 aliphatic carbocycles. The van der Waals surface area contributed by atoms with Crippen molar-refractivity contribution in [2.24, 2.45) is 0 Å². The van der Waals surface area contributed by atoms with Gasteiger partial charge in [0.05, 0.1) is 13.4 Å². The van der Waals surface area contributed by atoms with E-state index in [1.165, 1.54) is 0 Å². The molecule has 1 fully saturated rings. The SMILES string of the molecule is COc1ccc(OCCN2CCCC2CC(O)c2ccco2)cc1. The number of nitrogens with zero attached hydrogens (tertiary/aromatic N) is 1. The molecular formula is C19H25NO4. The van der Waals surface area contributed by atoms with Gasteiger partial charge in [-0.15, -0.1) is 0 Å². The third-order valence-electron chi connectivity index (χ3n) is 4.57. The Bertz CT molecular complexity index is 596. The molecule has 3 rings (SSSR count). The van der Waals surface area contributed by atoms with Crippen molar-refractivity contribution in [3.8, 4) is 11.5 Å². The van der Waals surface area contributed by atoms with Gasteiger partial charge < -0.3 is 19.0 Å². The van der Waals surface area contributed by atoms with Gasteiger partial charge in [-0.05, 0) is 62.2 Å². The van der Waals surface area contributed by atoms with Crippen molar-refractivity contribution in [2.45, 2.75) is 31.4 Å². The van der Waals surface area contributed by atoms with Crippen LogP contribution >= 0.6 is 0 Å². The molecule has 1 N–H and O–H groups in total. The third kappa shape index (κ3) is 4.30. The van der Waals surface area contributed by atoms with Crippen LogP contribution in [0.15, 0.2) is 47.1 Å². The standard InChI is InChI=1S/C19H25NO4/c1-22-16-6-8-17(9-7-16)23-13-11-20-10-2-4-15(20)14-18(21)19-5-3-12-24-19/h3,5-9,12,15,18,21H,2,4,10-11,13-14H2,1H3. The average molecular weight is 331 g/mol. The molecule has 2 unspecified atom stereocenters. The van der Waals surface area contributed by atoms with Gasteiger partial charge in [-0.2, -0.15) is 0 Å². The van der Waals surface area contributed by atoms with Crippen LogP contribution < -0.4 is 9.47 Å². The second-order valence-corrected chi connectivity index (χ2v) is 6.12. The zero-order valence-corrected chi connectivity index (χ0v) is 14.1. The molecule has 2 atom stereocenters. The highest BCUT2D eigenvalue weighted by molar-refractivity contribution is 5.31. The van der Waals surface area contributed by atoms with Gasteiger partial charge in [0, 0.05) is 12.6 Å². The van der Waals surface area contributed by atoms with E-state index >= 15 is 0 Å². The predicted octanol–water partition coefficient (Wildman–Crippen LogP) is 3.26. The van der Waals surface area contributed by atoms with E-state index in [2.05, 4.69) is 4.90 Å². The Hall–Kier alpha value is -1.98. The van der Waals surface area contributed by atoms with Crippen molar-refractivity contribution in [1.29, 1.82) is 0 Å². The lowest BCUT2D eigenvalue weighted by molar-refractivity contribution is 0.0961. The summed E-state index contributed by atoms with van der Waals surface area (Å²) in [4.78, 5) is 2.40. The molecule has 1 aromatic heterocycles. The Morgan fingerprint density at radius 2 is 2.04 bits per heavy atom. The average Bonchev–Trinajstić information content (AvgIpc) is 3.28. The summed E-state index contributed by atoms with van der Waals surface area (Å²) >= 11 is 0. The second kappa shape index (κ2) is 8.22. The largest absolute Gasteiger partial charge is 0.497 e. The minimum Gasteiger partial charge on any atom is -0.497 e. The molecule has 1 aromatic carbocycles. The first-order valence-corrected chi connectivity index (χ1v) is 8.48. The van der Waals surface area contributed by atoms with Crippen molar-refractivity contribution >= 4 is 0 Å². The highest BCUT2D eigenvalue weighted by Crippen LogP contribution is 2.27. The second-order valence-electron chi connectivity index (χ2n) is 6.12. The lowest BCUT2D eigenvalue weighted by Crippen LogP contribution is -2.34. The zero-order chi connectivity index (χ0) is 16.8. The Labute approximate surface area is 142 Å². The number of benzene rings is 1. The fourth-order valence-corrected chi connectivity index (χ4v) is 3.26. The summed E-state index contributed by atoms with van der Waals surface area (Å²) in [6.07, 6.45) is 4.05. The van der Waals surface area contributed by atoms with E-state index in [1.54, 1.807) is 13.4 Å². The molecule has 5 heteroatoms. The summed E-state index contributed by atoms with van der Waals surface area (Å²) in [6, 6.07) is 11.7. The van der Waals surface area contributed by atoms with Gasteiger partial charge in [0.25, 0.3) is 0 Å². The van der Waals surface area contributed by atoms with E-state index in [4.69, 9.17) is 13.9 Å². The van der Waals surface area contributed by atoms with Crippen LogP contribution in [0.4, 0.5) is 0 Å². The number of furan rings is 1. The first-order valence-electron chi connectivity index (χ1n) is 8.48. The van der Waals surface area contributed by atoms with Crippen LogP contribution in [0, 0.1) is 0 Å². The van der Waals surface area contributed by atoms with Crippen LogP contribution in [-0.4, -0.2) is 42.9 Å². The van der Waals surface area contributed by atoms with Crippen LogP contribution in [-0.2, 0) is 0 Å². The molecule has 1 saturated heterocycles. The Balaban J connectivity index is 1.45. The molecular weight excluding hydrogens is 306 g/mol. The molecule has 2 heterocycles. The van der Waals surface area contributed by atoms with E-state index in [1.807, 2.05) is 36.4 Å². The molecule has 24 heavy (non-hydrogen) atoms. The number of ether oxygens (including phenoxy) is 2. The summed E-state index contributed by atoms with van der Waals surface area (Å²) in [5, 5.41) is 10.3. The van der Waals surface area contributed by atoms with Gasteiger partial charge in [-0.25, -0.2) is 0 Å². The number of aliphatic hydroxyl groups is 1. The number of aliphatic hydroxyl groups excluding tert-OH is 1. The summed E-state index contributed by atoms with van der Waals surface area (Å²) in [6.45, 7) is 2.56. The van der Waals surface area contributed by atoms with Gasteiger partial charge in [0.1, 0.15) is 30.0 Å². The summed E-state index contributed by atoms with van der Waals surface area (Å²) in [5.74, 6) is 2.33. The quantitative estimate of drug-likeness (QED) is 0.805. The van der Waals surface area contributed by atoms with Crippen LogP contribution in [0.3, 0.4) is 0 Å². The molecule has 2 aromatic rings. The lowest BCUT2D eigenvalue weighted by atomic mass is 10.1. The minimum absolute atomic E-state index is 0.379. The van der Waals surface area contributed by atoms with Crippen LogP contribution in [0.1, 0.15) is 31.1 Å². The monoisotopic (exact) mass is 331 g/mol. The van der Waals surface area contributed by atoms with Crippen LogP contribution in [0.25, 0.3) is 0 Å². The van der Waals surface area contributed by atoms with Gasteiger partial charge in [0.2, 0.25) is 0 Å². The van der Waals surface area contributed by atoms with Gasteiger partial charge in [-0.1, -0.05) is 0 Å². The smallest absolute Gasteiger partial charge is 0.132 e. The van der Waals surface area contributed by atoms with Gasteiger partial charge in [-0.3, -0.25) is 4.90 Å². The molecule has 5 nitrogen and oxygen atoms in total. The number of methoxy groups -OCH3 is 1. The van der Waals surface area contributed by atoms with Gasteiger partial charge in [0.15, 0.2) is 0 Å². The molecule has 0 radical (unpaired) electrons. The minimum atomic E-state index is -0.534. The Kier molecular flexibility index (Phi) is 5.77. The van der Waals surface area contributed by atoms with Crippen molar-refractivity contribution in [3.63, 3.8) is 0 Å². The molecule has 1 aliphatic heterocycles. The fourth-order valence-electron chi connectivity index (χ4n) is 3.26. The van der Waals surface area contributed by atoms with Crippen molar-refractivity contribution < 1.29 is 19.0 Å². The van der Waals surface area contributed by atoms with Crippen LogP contribution in [0.5, 0.6) is 11.5 Å². The molecule has 1 aliphatic rings. The zero-order valence-electron chi connectivity index (χ0n) is 14.1. The number of rotatable bonds is 8. The molecule has 0 spiro atoms. The maximum atomic E-state index is 10.3. The van der Waals surface area contributed by atoms with Crippen LogP contribution in [0.2, 0.25) is 0 Å². The highest BCUT2D eigenvalue weighted by atomic mass is 16.5. The van der Waals surface area contributed by atoms with E-state index in [0.717, 1.165) is 37.4 Å². The van der Waals surface area contributed by atoms with E-state index in [-0.39, 0.29) is 0 Å². The fraction of sp³-hybridized carbons (Fsp3) is 0.474. The lowest BCUT2D eigenvalue weighted by Gasteiger charge is -2.25. The Morgan fingerprint density at radius 1 is 1.25 bits per heavy atom. The van der Waals surface area contributed by atoms with Gasteiger partial charge >= 0.3 is 0 Å². The van der Waals surface area contributed by atoms with E-state index < -0.39 is 6.10 Å². The topological polar surface area (TPSA) is 55.1 Å². The van der Waals surface area contributed by atoms with Crippen molar-refractivity contribution in [2.75, 3.05) is 26.8 Å². The number of hydrogen-bond donors (Lipinski definition) is 1. The number of likely N-dealkylation sites (tertiary alicyclic amines) is 1. The molecule has 130 valence electrons. The summed E-state index contributed by atoms with van der Waals surface area (Å²) < 4.78 is 16.3. The maximum absolute atomic E-state index is 10.3. The maximum Gasteiger partial charge on any atom is 0.132 e. The first kappa shape index (κ1) is 16.9. The molecule has 0 saturated carbocycles. The molecule has 0 amide bonds.